The zero-order valence-corrected chi connectivity index (χ0v) is 19.4. The van der Waals surface area contributed by atoms with E-state index in [1.807, 2.05) is 56.3 Å². The maximum atomic E-state index is 13.7. The fourth-order valence-corrected chi connectivity index (χ4v) is 4.30. The van der Waals surface area contributed by atoms with Gasteiger partial charge in [0.25, 0.3) is 5.91 Å². The highest BCUT2D eigenvalue weighted by molar-refractivity contribution is 5.95. The molecule has 0 radical (unpaired) electrons. The van der Waals surface area contributed by atoms with Crippen LogP contribution in [0.1, 0.15) is 44.0 Å². The van der Waals surface area contributed by atoms with E-state index in [-0.39, 0.29) is 6.42 Å². The lowest BCUT2D eigenvalue weighted by Crippen LogP contribution is -2.49. The Morgan fingerprint density at radius 2 is 1.43 bits per heavy atom. The maximum Gasteiger partial charge on any atom is 0.416 e. The van der Waals surface area contributed by atoms with Crippen molar-refractivity contribution in [2.24, 2.45) is 0 Å². The Morgan fingerprint density at radius 1 is 0.800 bits per heavy atom. The summed E-state index contributed by atoms with van der Waals surface area (Å²) in [7, 11) is 0. The molecule has 1 aromatic heterocycles. The van der Waals surface area contributed by atoms with Gasteiger partial charge in [-0.3, -0.25) is 9.78 Å². The second-order valence-electron chi connectivity index (χ2n) is 8.64. The summed E-state index contributed by atoms with van der Waals surface area (Å²) in [6.07, 6.45) is -4.32. The highest BCUT2D eigenvalue weighted by atomic mass is 19.4. The number of hydrogen-bond acceptors (Lipinski definition) is 2. The van der Waals surface area contributed by atoms with Gasteiger partial charge >= 0.3 is 6.18 Å². The van der Waals surface area contributed by atoms with Crippen LogP contribution in [0.3, 0.4) is 0 Å². The summed E-state index contributed by atoms with van der Waals surface area (Å²) >= 11 is 0. The molecule has 0 saturated heterocycles. The molecule has 178 valence electrons. The van der Waals surface area contributed by atoms with Crippen LogP contribution in [-0.4, -0.2) is 10.9 Å². The third kappa shape index (κ3) is 5.43. The molecule has 0 spiro atoms. The summed E-state index contributed by atoms with van der Waals surface area (Å²) in [5, 5.41) is 3.09. The molecule has 0 aliphatic heterocycles. The number of carbonyl (C=O) groups is 1. The number of hydrogen-bond donors (Lipinski definition) is 1. The number of benzene rings is 3. The Bertz CT molecular complexity index is 1300. The van der Waals surface area contributed by atoms with Crippen molar-refractivity contribution in [3.05, 3.63) is 136 Å². The Balaban J connectivity index is 1.99. The number of halogens is 3. The van der Waals surface area contributed by atoms with E-state index < -0.39 is 23.2 Å². The Kier molecular flexibility index (Phi) is 6.74. The summed E-state index contributed by atoms with van der Waals surface area (Å²) < 4.78 is 41.2. The van der Waals surface area contributed by atoms with Crippen molar-refractivity contribution in [2.75, 3.05) is 0 Å². The van der Waals surface area contributed by atoms with Gasteiger partial charge in [-0.15, -0.1) is 0 Å². The minimum atomic E-state index is -4.53. The van der Waals surface area contributed by atoms with Gasteiger partial charge in [-0.25, -0.2) is 0 Å². The standard InChI is InChI=1S/C29H25F3N2O/c1-20-16-21(2)33-26(17-20)28(19-22-10-5-3-6-11-22,34-27(35)23-12-7-4-8-13-23)24-14-9-15-25(18-24)29(30,31)32/h3-18H,19H2,1-2H3,(H,34,35). The first-order valence-electron chi connectivity index (χ1n) is 11.2. The molecule has 35 heavy (non-hydrogen) atoms. The molecule has 4 aromatic rings. The lowest BCUT2D eigenvalue weighted by atomic mass is 9.79. The van der Waals surface area contributed by atoms with Gasteiger partial charge in [-0.1, -0.05) is 60.7 Å². The molecule has 1 amide bonds. The fraction of sp³-hybridized carbons (Fsp3) is 0.172. The minimum Gasteiger partial charge on any atom is -0.337 e. The molecule has 3 nitrogen and oxygen atoms in total. The number of alkyl halides is 3. The summed E-state index contributed by atoms with van der Waals surface area (Å²) in [4.78, 5) is 18.2. The third-order valence-corrected chi connectivity index (χ3v) is 5.89. The molecule has 1 atom stereocenters. The Morgan fingerprint density at radius 3 is 2.06 bits per heavy atom. The molecular weight excluding hydrogens is 449 g/mol. The smallest absolute Gasteiger partial charge is 0.337 e. The van der Waals surface area contributed by atoms with E-state index in [4.69, 9.17) is 4.98 Å². The monoisotopic (exact) mass is 474 g/mol. The van der Waals surface area contributed by atoms with Crippen LogP contribution in [0, 0.1) is 13.8 Å². The highest BCUT2D eigenvalue weighted by Gasteiger charge is 2.40. The first-order valence-corrected chi connectivity index (χ1v) is 11.2. The van der Waals surface area contributed by atoms with Gasteiger partial charge in [0.05, 0.1) is 11.3 Å². The predicted octanol–water partition coefficient (Wildman–Crippen LogP) is 6.63. The lowest BCUT2D eigenvalue weighted by molar-refractivity contribution is -0.137. The third-order valence-electron chi connectivity index (χ3n) is 5.89. The van der Waals surface area contributed by atoms with E-state index in [1.54, 1.807) is 36.4 Å². The summed E-state index contributed by atoms with van der Waals surface area (Å²) in [5.41, 5.74) is 1.49. The normalized spacial score (nSPS) is 13.2. The number of carbonyl (C=O) groups excluding carboxylic acids is 1. The average Bonchev–Trinajstić information content (AvgIpc) is 2.83. The largest absolute Gasteiger partial charge is 0.416 e. The number of nitrogens with zero attached hydrogens (tertiary/aromatic N) is 1. The van der Waals surface area contributed by atoms with Gasteiger partial charge in [-0.2, -0.15) is 13.2 Å². The van der Waals surface area contributed by atoms with Crippen molar-refractivity contribution in [3.8, 4) is 0 Å². The topological polar surface area (TPSA) is 42.0 Å². The van der Waals surface area contributed by atoms with Crippen LogP contribution in [0.15, 0.2) is 97.1 Å². The molecule has 1 unspecified atom stereocenters. The van der Waals surface area contributed by atoms with Crippen molar-refractivity contribution < 1.29 is 18.0 Å². The number of amides is 1. The van der Waals surface area contributed by atoms with E-state index in [1.165, 1.54) is 6.07 Å². The van der Waals surface area contributed by atoms with Crippen molar-refractivity contribution in [2.45, 2.75) is 32.0 Å². The first kappa shape index (κ1) is 24.2. The lowest BCUT2D eigenvalue weighted by Gasteiger charge is -2.36. The number of aromatic nitrogens is 1. The second-order valence-corrected chi connectivity index (χ2v) is 8.64. The molecule has 3 aromatic carbocycles. The average molecular weight is 475 g/mol. The van der Waals surface area contributed by atoms with Crippen molar-refractivity contribution in [1.29, 1.82) is 0 Å². The summed E-state index contributed by atoms with van der Waals surface area (Å²) in [6, 6.07) is 26.8. The number of rotatable bonds is 6. The van der Waals surface area contributed by atoms with Crippen LogP contribution < -0.4 is 5.32 Å². The van der Waals surface area contributed by atoms with E-state index in [0.29, 0.717) is 22.5 Å². The van der Waals surface area contributed by atoms with Gasteiger partial charge in [0.15, 0.2) is 0 Å². The van der Waals surface area contributed by atoms with Crippen molar-refractivity contribution in [3.63, 3.8) is 0 Å². The minimum absolute atomic E-state index is 0.212. The highest BCUT2D eigenvalue weighted by Crippen LogP contribution is 2.37. The van der Waals surface area contributed by atoms with Crippen LogP contribution in [0.2, 0.25) is 0 Å². The fourth-order valence-electron chi connectivity index (χ4n) is 4.30. The van der Waals surface area contributed by atoms with Crippen LogP contribution in [0.5, 0.6) is 0 Å². The Labute approximate surface area is 202 Å². The zero-order chi connectivity index (χ0) is 25.1. The molecule has 6 heteroatoms. The van der Waals surface area contributed by atoms with E-state index in [0.717, 1.165) is 23.3 Å². The first-order chi connectivity index (χ1) is 16.7. The molecule has 4 rings (SSSR count). The van der Waals surface area contributed by atoms with Crippen molar-refractivity contribution >= 4 is 5.91 Å². The summed E-state index contributed by atoms with van der Waals surface area (Å²) in [6.45, 7) is 3.73. The molecule has 0 saturated carbocycles. The van der Waals surface area contributed by atoms with Crippen LogP contribution in [0.4, 0.5) is 13.2 Å². The number of nitrogens with one attached hydrogen (secondary N) is 1. The van der Waals surface area contributed by atoms with Gasteiger partial charge in [-0.05, 0) is 66.9 Å². The molecule has 0 bridgehead atoms. The van der Waals surface area contributed by atoms with Gasteiger partial charge in [0, 0.05) is 17.7 Å². The molecule has 0 fully saturated rings. The predicted molar refractivity (Wildman–Crippen MR) is 130 cm³/mol. The molecule has 0 aliphatic carbocycles. The van der Waals surface area contributed by atoms with Gasteiger partial charge in [0.1, 0.15) is 5.54 Å². The molecular formula is C29H25F3N2O. The van der Waals surface area contributed by atoms with Crippen molar-refractivity contribution in [1.82, 2.24) is 10.3 Å². The van der Waals surface area contributed by atoms with E-state index in [2.05, 4.69) is 5.32 Å². The number of aryl methyl sites for hydroxylation is 2. The van der Waals surface area contributed by atoms with E-state index >= 15 is 0 Å². The molecule has 1 heterocycles. The molecule has 1 N–H and O–H groups in total. The van der Waals surface area contributed by atoms with Crippen LogP contribution in [-0.2, 0) is 18.1 Å². The Hall–Kier alpha value is -3.93. The zero-order valence-electron chi connectivity index (χ0n) is 19.4. The van der Waals surface area contributed by atoms with Crippen LogP contribution in [0.25, 0.3) is 0 Å². The maximum absolute atomic E-state index is 13.7. The second kappa shape index (κ2) is 9.74. The summed E-state index contributed by atoms with van der Waals surface area (Å²) in [5.74, 6) is -0.403. The number of pyridine rings is 1. The van der Waals surface area contributed by atoms with Gasteiger partial charge < -0.3 is 5.32 Å². The SMILES string of the molecule is Cc1cc(C)nc(C(Cc2ccccc2)(NC(=O)c2ccccc2)c2cccc(C(F)(F)F)c2)c1. The van der Waals surface area contributed by atoms with Gasteiger partial charge in [0.2, 0.25) is 0 Å². The quantitative estimate of drug-likeness (QED) is 0.341. The molecule has 0 aliphatic rings. The van der Waals surface area contributed by atoms with Crippen LogP contribution >= 0.6 is 0 Å². The van der Waals surface area contributed by atoms with E-state index in [9.17, 15) is 18.0 Å².